The summed E-state index contributed by atoms with van der Waals surface area (Å²) in [4.78, 5) is 15.8. The number of pyridine rings is 1. The summed E-state index contributed by atoms with van der Waals surface area (Å²) in [5.41, 5.74) is 7.12. The van der Waals surface area contributed by atoms with E-state index in [1.54, 1.807) is 12.4 Å². The van der Waals surface area contributed by atoms with Gasteiger partial charge in [-0.15, -0.1) is 0 Å². The topological polar surface area (TPSA) is 68.0 Å². The van der Waals surface area contributed by atoms with Crippen molar-refractivity contribution in [3.8, 4) is 0 Å². The van der Waals surface area contributed by atoms with Crippen LogP contribution in [0.3, 0.4) is 0 Å². The number of nitrogens with zero attached hydrogens (tertiary/aromatic N) is 1. The van der Waals surface area contributed by atoms with Gasteiger partial charge in [-0.2, -0.15) is 0 Å². The Labute approximate surface area is 108 Å². The number of aromatic nitrogens is 1. The van der Waals surface area contributed by atoms with Gasteiger partial charge in [-0.05, 0) is 36.5 Å². The van der Waals surface area contributed by atoms with E-state index >= 15 is 0 Å². The summed E-state index contributed by atoms with van der Waals surface area (Å²) >= 11 is 0. The zero-order valence-corrected chi connectivity index (χ0v) is 10.6. The first-order valence-corrected chi connectivity index (χ1v) is 6.67. The predicted molar refractivity (Wildman–Crippen MR) is 70.6 cm³/mol. The van der Waals surface area contributed by atoms with Crippen LogP contribution in [0.1, 0.15) is 37.7 Å². The minimum atomic E-state index is 0.106. The van der Waals surface area contributed by atoms with Crippen molar-refractivity contribution in [2.75, 3.05) is 0 Å². The molecule has 18 heavy (non-hydrogen) atoms. The minimum absolute atomic E-state index is 0.106. The molecule has 1 aromatic heterocycles. The molecule has 1 heterocycles. The van der Waals surface area contributed by atoms with Crippen LogP contribution in [0.2, 0.25) is 0 Å². The Morgan fingerprint density at radius 1 is 1.33 bits per heavy atom. The van der Waals surface area contributed by atoms with Gasteiger partial charge < -0.3 is 11.1 Å². The summed E-state index contributed by atoms with van der Waals surface area (Å²) in [5.74, 6) is 0.463. The third-order valence-electron chi connectivity index (χ3n) is 3.65. The van der Waals surface area contributed by atoms with Gasteiger partial charge in [0.15, 0.2) is 0 Å². The Kier molecular flexibility index (Phi) is 4.70. The molecule has 1 aliphatic rings. The van der Waals surface area contributed by atoms with Gasteiger partial charge in [-0.3, -0.25) is 9.78 Å². The van der Waals surface area contributed by atoms with Crippen LogP contribution in [-0.4, -0.2) is 16.9 Å². The standard InChI is InChI=1S/C14H21N3O/c15-13-4-2-1-3-12(13)9-14(18)17-10-11-5-7-16-8-6-11/h5-8,12-13H,1-4,9-10,15H2,(H,17,18). The Hall–Kier alpha value is -1.42. The second-order valence-electron chi connectivity index (χ2n) is 5.04. The number of nitrogens with two attached hydrogens (primary N) is 1. The van der Waals surface area contributed by atoms with Gasteiger partial charge in [-0.25, -0.2) is 0 Å². The highest BCUT2D eigenvalue weighted by molar-refractivity contribution is 5.76. The van der Waals surface area contributed by atoms with E-state index in [-0.39, 0.29) is 11.9 Å². The quantitative estimate of drug-likeness (QED) is 0.849. The second-order valence-corrected chi connectivity index (χ2v) is 5.04. The van der Waals surface area contributed by atoms with Crippen molar-refractivity contribution in [1.82, 2.24) is 10.3 Å². The highest BCUT2D eigenvalue weighted by Gasteiger charge is 2.23. The van der Waals surface area contributed by atoms with E-state index in [9.17, 15) is 4.79 Å². The molecule has 0 bridgehead atoms. The monoisotopic (exact) mass is 247 g/mol. The van der Waals surface area contributed by atoms with Crippen LogP contribution in [0.4, 0.5) is 0 Å². The lowest BCUT2D eigenvalue weighted by molar-refractivity contribution is -0.122. The predicted octanol–water partition coefficient (Wildman–Crippen LogP) is 1.61. The van der Waals surface area contributed by atoms with Gasteiger partial charge in [-0.1, -0.05) is 12.8 Å². The van der Waals surface area contributed by atoms with Gasteiger partial charge in [0, 0.05) is 31.4 Å². The number of carbonyl (C=O) groups excluding carboxylic acids is 1. The van der Waals surface area contributed by atoms with Crippen LogP contribution < -0.4 is 11.1 Å². The number of amides is 1. The summed E-state index contributed by atoms with van der Waals surface area (Å²) in [6.07, 6.45) is 8.59. The molecule has 3 N–H and O–H groups in total. The third-order valence-corrected chi connectivity index (χ3v) is 3.65. The summed E-state index contributed by atoms with van der Waals surface area (Å²) in [5, 5.41) is 2.94. The second kappa shape index (κ2) is 6.50. The number of hydrogen-bond donors (Lipinski definition) is 2. The summed E-state index contributed by atoms with van der Waals surface area (Å²) < 4.78 is 0. The van der Waals surface area contributed by atoms with E-state index in [0.717, 1.165) is 18.4 Å². The Bertz CT molecular complexity index is 380. The average molecular weight is 247 g/mol. The van der Waals surface area contributed by atoms with Crippen molar-refractivity contribution in [3.63, 3.8) is 0 Å². The SMILES string of the molecule is NC1CCCCC1CC(=O)NCc1ccncc1. The normalized spacial score (nSPS) is 23.6. The third kappa shape index (κ3) is 3.81. The van der Waals surface area contributed by atoms with Crippen molar-refractivity contribution >= 4 is 5.91 Å². The molecule has 2 unspecified atom stereocenters. The molecule has 0 saturated heterocycles. The first kappa shape index (κ1) is 13.0. The molecular formula is C14H21N3O. The highest BCUT2D eigenvalue weighted by atomic mass is 16.1. The molecule has 1 aliphatic carbocycles. The van der Waals surface area contributed by atoms with Crippen molar-refractivity contribution in [2.24, 2.45) is 11.7 Å². The van der Waals surface area contributed by atoms with Gasteiger partial charge in [0.25, 0.3) is 0 Å². The van der Waals surface area contributed by atoms with Crippen molar-refractivity contribution in [2.45, 2.75) is 44.7 Å². The van der Waals surface area contributed by atoms with E-state index < -0.39 is 0 Å². The molecular weight excluding hydrogens is 226 g/mol. The molecule has 0 radical (unpaired) electrons. The van der Waals surface area contributed by atoms with E-state index in [1.165, 1.54) is 12.8 Å². The van der Waals surface area contributed by atoms with E-state index in [1.807, 2.05) is 12.1 Å². The van der Waals surface area contributed by atoms with Crippen molar-refractivity contribution in [3.05, 3.63) is 30.1 Å². The van der Waals surface area contributed by atoms with Gasteiger partial charge >= 0.3 is 0 Å². The number of rotatable bonds is 4. The smallest absolute Gasteiger partial charge is 0.220 e. The lowest BCUT2D eigenvalue weighted by Crippen LogP contribution is -2.36. The molecule has 2 rings (SSSR count). The lowest BCUT2D eigenvalue weighted by Gasteiger charge is -2.27. The van der Waals surface area contributed by atoms with Crippen LogP contribution in [-0.2, 0) is 11.3 Å². The van der Waals surface area contributed by atoms with Crippen molar-refractivity contribution < 1.29 is 4.79 Å². The van der Waals surface area contributed by atoms with Gasteiger partial charge in [0.2, 0.25) is 5.91 Å². The Balaban J connectivity index is 1.75. The van der Waals surface area contributed by atoms with E-state index in [0.29, 0.717) is 18.9 Å². The molecule has 98 valence electrons. The molecule has 0 aromatic carbocycles. The minimum Gasteiger partial charge on any atom is -0.352 e. The molecule has 4 nitrogen and oxygen atoms in total. The number of nitrogens with one attached hydrogen (secondary N) is 1. The molecule has 0 spiro atoms. The highest BCUT2D eigenvalue weighted by Crippen LogP contribution is 2.25. The number of carbonyl (C=O) groups is 1. The van der Waals surface area contributed by atoms with Crippen molar-refractivity contribution in [1.29, 1.82) is 0 Å². The molecule has 1 aromatic rings. The van der Waals surface area contributed by atoms with Gasteiger partial charge in [0.1, 0.15) is 0 Å². The fourth-order valence-corrected chi connectivity index (χ4v) is 2.50. The average Bonchev–Trinajstić information content (AvgIpc) is 2.40. The largest absolute Gasteiger partial charge is 0.352 e. The molecule has 1 amide bonds. The van der Waals surface area contributed by atoms with Crippen LogP contribution in [0.15, 0.2) is 24.5 Å². The summed E-state index contributed by atoms with van der Waals surface area (Å²) in [6.45, 7) is 0.573. The maximum atomic E-state index is 11.8. The van der Waals surface area contributed by atoms with Gasteiger partial charge in [0.05, 0.1) is 0 Å². The van der Waals surface area contributed by atoms with Crippen LogP contribution in [0.5, 0.6) is 0 Å². The maximum absolute atomic E-state index is 11.8. The molecule has 4 heteroatoms. The maximum Gasteiger partial charge on any atom is 0.220 e. The molecule has 0 aliphatic heterocycles. The Morgan fingerprint density at radius 3 is 2.78 bits per heavy atom. The van der Waals surface area contributed by atoms with Crippen LogP contribution in [0.25, 0.3) is 0 Å². The fourth-order valence-electron chi connectivity index (χ4n) is 2.50. The van der Waals surface area contributed by atoms with E-state index in [2.05, 4.69) is 10.3 Å². The van der Waals surface area contributed by atoms with E-state index in [4.69, 9.17) is 5.73 Å². The van der Waals surface area contributed by atoms with Crippen LogP contribution in [0, 0.1) is 5.92 Å². The molecule has 1 fully saturated rings. The zero-order valence-electron chi connectivity index (χ0n) is 10.6. The summed E-state index contributed by atoms with van der Waals surface area (Å²) in [6, 6.07) is 4.02. The molecule has 2 atom stereocenters. The summed E-state index contributed by atoms with van der Waals surface area (Å²) in [7, 11) is 0. The Morgan fingerprint density at radius 2 is 2.06 bits per heavy atom. The first-order chi connectivity index (χ1) is 8.75. The number of hydrogen-bond acceptors (Lipinski definition) is 3. The molecule has 1 saturated carbocycles. The lowest BCUT2D eigenvalue weighted by atomic mass is 9.83. The zero-order chi connectivity index (χ0) is 12.8. The fraction of sp³-hybridized carbons (Fsp3) is 0.571. The van der Waals surface area contributed by atoms with Crippen LogP contribution >= 0.6 is 0 Å². The first-order valence-electron chi connectivity index (χ1n) is 6.67.